The van der Waals surface area contributed by atoms with E-state index < -0.39 is 0 Å². The van der Waals surface area contributed by atoms with Gasteiger partial charge in [0.25, 0.3) is 5.91 Å². The van der Waals surface area contributed by atoms with Gasteiger partial charge in [0.05, 0.1) is 6.54 Å². The summed E-state index contributed by atoms with van der Waals surface area (Å²) < 4.78 is 5.65. The summed E-state index contributed by atoms with van der Waals surface area (Å²) in [6.45, 7) is 6.70. The molecule has 1 fully saturated rings. The van der Waals surface area contributed by atoms with Crippen molar-refractivity contribution in [3.05, 3.63) is 58.6 Å². The quantitative estimate of drug-likeness (QED) is 0.787. The maximum Gasteiger partial charge on any atom is 0.260 e. The van der Waals surface area contributed by atoms with Crippen molar-refractivity contribution in [2.75, 3.05) is 44.6 Å². The van der Waals surface area contributed by atoms with Crippen molar-refractivity contribution in [3.63, 3.8) is 0 Å². The van der Waals surface area contributed by atoms with Crippen LogP contribution in [0.15, 0.2) is 42.5 Å². The number of hydrogen-bond acceptors (Lipinski definition) is 4. The predicted octanol–water partition coefficient (Wildman–Crippen LogP) is 3.12. The molecule has 1 aliphatic heterocycles. The molecule has 2 aromatic carbocycles. The van der Waals surface area contributed by atoms with Crippen molar-refractivity contribution in [3.8, 4) is 5.75 Å². The highest BCUT2D eigenvalue weighted by atomic mass is 35.5. The Morgan fingerprint density at radius 1 is 1.03 bits per heavy atom. The molecule has 154 valence electrons. The van der Waals surface area contributed by atoms with Gasteiger partial charge in [0.1, 0.15) is 5.75 Å². The van der Waals surface area contributed by atoms with E-state index >= 15 is 0 Å². The van der Waals surface area contributed by atoms with Gasteiger partial charge in [-0.3, -0.25) is 14.5 Å². The molecule has 2 aromatic rings. The lowest BCUT2D eigenvalue weighted by Gasteiger charge is -2.34. The predicted molar refractivity (Wildman–Crippen MR) is 115 cm³/mol. The molecule has 29 heavy (non-hydrogen) atoms. The smallest absolute Gasteiger partial charge is 0.260 e. The van der Waals surface area contributed by atoms with Crippen LogP contribution < -0.4 is 10.1 Å². The Hall–Kier alpha value is -2.57. The monoisotopic (exact) mass is 415 g/mol. The number of ether oxygens (including phenoxy) is 1. The Balaban J connectivity index is 1.40. The zero-order valence-electron chi connectivity index (χ0n) is 16.8. The highest BCUT2D eigenvalue weighted by Gasteiger charge is 2.23. The van der Waals surface area contributed by atoms with E-state index in [2.05, 4.69) is 10.2 Å². The second-order valence-corrected chi connectivity index (χ2v) is 7.71. The number of piperazine rings is 1. The third kappa shape index (κ3) is 6.21. The van der Waals surface area contributed by atoms with Crippen molar-refractivity contribution >= 4 is 29.1 Å². The topological polar surface area (TPSA) is 61.9 Å². The van der Waals surface area contributed by atoms with Crippen LogP contribution in [0.1, 0.15) is 11.1 Å². The van der Waals surface area contributed by atoms with Gasteiger partial charge in [-0.25, -0.2) is 0 Å². The normalized spacial score (nSPS) is 14.5. The maximum atomic E-state index is 12.4. The molecule has 2 amide bonds. The summed E-state index contributed by atoms with van der Waals surface area (Å²) in [6.07, 6.45) is 0. The summed E-state index contributed by atoms with van der Waals surface area (Å²) in [6, 6.07) is 13.0. The van der Waals surface area contributed by atoms with Gasteiger partial charge in [0, 0.05) is 36.9 Å². The van der Waals surface area contributed by atoms with Crippen LogP contribution in [0.25, 0.3) is 0 Å². The third-order valence-electron chi connectivity index (χ3n) is 4.92. The second-order valence-electron chi connectivity index (χ2n) is 7.27. The van der Waals surface area contributed by atoms with Crippen molar-refractivity contribution in [2.45, 2.75) is 13.8 Å². The number of amides is 2. The molecule has 1 heterocycles. The summed E-state index contributed by atoms with van der Waals surface area (Å²) >= 11 is 5.94. The van der Waals surface area contributed by atoms with Gasteiger partial charge < -0.3 is 15.0 Å². The summed E-state index contributed by atoms with van der Waals surface area (Å²) in [5, 5.41) is 3.55. The number of anilines is 1. The van der Waals surface area contributed by atoms with Gasteiger partial charge in [-0.1, -0.05) is 29.3 Å². The largest absolute Gasteiger partial charge is 0.483 e. The molecule has 0 aromatic heterocycles. The summed E-state index contributed by atoms with van der Waals surface area (Å²) in [7, 11) is 0. The molecule has 0 radical (unpaired) electrons. The van der Waals surface area contributed by atoms with Crippen LogP contribution in [0.5, 0.6) is 5.75 Å². The van der Waals surface area contributed by atoms with E-state index in [1.807, 2.05) is 44.2 Å². The first-order chi connectivity index (χ1) is 13.9. The third-order valence-corrected chi connectivity index (χ3v) is 5.15. The fraction of sp³-hybridized carbons (Fsp3) is 0.364. The van der Waals surface area contributed by atoms with E-state index in [4.69, 9.17) is 16.3 Å². The van der Waals surface area contributed by atoms with Crippen LogP contribution in [0, 0.1) is 13.8 Å². The first-order valence-corrected chi connectivity index (χ1v) is 10.0. The Kier molecular flexibility index (Phi) is 7.12. The molecule has 0 spiro atoms. The zero-order valence-corrected chi connectivity index (χ0v) is 17.5. The van der Waals surface area contributed by atoms with Crippen LogP contribution >= 0.6 is 11.6 Å². The number of nitrogens with zero attached hydrogens (tertiary/aromatic N) is 2. The average molecular weight is 416 g/mol. The zero-order chi connectivity index (χ0) is 20.8. The molecular weight excluding hydrogens is 390 g/mol. The molecule has 0 aliphatic carbocycles. The number of benzene rings is 2. The highest BCUT2D eigenvalue weighted by Crippen LogP contribution is 2.21. The minimum Gasteiger partial charge on any atom is -0.483 e. The van der Waals surface area contributed by atoms with Crippen molar-refractivity contribution < 1.29 is 14.3 Å². The van der Waals surface area contributed by atoms with E-state index in [-0.39, 0.29) is 18.4 Å². The van der Waals surface area contributed by atoms with Crippen LogP contribution in [0.3, 0.4) is 0 Å². The van der Waals surface area contributed by atoms with Crippen molar-refractivity contribution in [1.29, 1.82) is 0 Å². The first-order valence-electron chi connectivity index (χ1n) is 9.66. The van der Waals surface area contributed by atoms with E-state index in [1.165, 1.54) is 0 Å². The molecule has 1 saturated heterocycles. The van der Waals surface area contributed by atoms with E-state index in [1.54, 1.807) is 17.0 Å². The summed E-state index contributed by atoms with van der Waals surface area (Å²) in [5.74, 6) is 0.562. The Morgan fingerprint density at radius 2 is 1.72 bits per heavy atom. The van der Waals surface area contributed by atoms with Gasteiger partial charge in [0.15, 0.2) is 6.61 Å². The fourth-order valence-corrected chi connectivity index (χ4v) is 3.43. The molecular formula is C22H26ClN3O3. The Labute approximate surface area is 176 Å². The van der Waals surface area contributed by atoms with Gasteiger partial charge in [-0.2, -0.15) is 0 Å². The standard InChI is InChI=1S/C22H26ClN3O3/c1-16-3-6-19(7-4-16)24-21(27)14-25-9-11-26(12-10-25)22(28)15-29-20-8-5-18(23)13-17(20)2/h3-8,13H,9-12,14-15H2,1-2H3,(H,24,27). The maximum absolute atomic E-state index is 12.4. The molecule has 0 saturated carbocycles. The minimum atomic E-state index is -0.0527. The second kappa shape index (κ2) is 9.76. The number of halogens is 1. The van der Waals surface area contributed by atoms with Crippen LogP contribution in [0.2, 0.25) is 5.02 Å². The summed E-state index contributed by atoms with van der Waals surface area (Å²) in [5.41, 5.74) is 2.85. The molecule has 3 rings (SSSR count). The van der Waals surface area contributed by atoms with E-state index in [0.717, 1.165) is 16.8 Å². The van der Waals surface area contributed by atoms with Gasteiger partial charge in [0.2, 0.25) is 5.91 Å². The Bertz CT molecular complexity index is 862. The average Bonchev–Trinajstić information content (AvgIpc) is 2.69. The highest BCUT2D eigenvalue weighted by molar-refractivity contribution is 6.30. The van der Waals surface area contributed by atoms with Crippen LogP contribution in [-0.4, -0.2) is 60.9 Å². The molecule has 7 heteroatoms. The molecule has 6 nitrogen and oxygen atoms in total. The number of carbonyl (C=O) groups excluding carboxylic acids is 2. The number of hydrogen-bond donors (Lipinski definition) is 1. The van der Waals surface area contributed by atoms with Crippen LogP contribution in [0.4, 0.5) is 5.69 Å². The van der Waals surface area contributed by atoms with E-state index in [9.17, 15) is 9.59 Å². The van der Waals surface area contributed by atoms with Gasteiger partial charge in [-0.05, 0) is 49.7 Å². The molecule has 1 aliphatic rings. The first kappa shape index (κ1) is 21.1. The molecule has 0 bridgehead atoms. The lowest BCUT2D eigenvalue weighted by atomic mass is 10.2. The van der Waals surface area contributed by atoms with Gasteiger partial charge >= 0.3 is 0 Å². The van der Waals surface area contributed by atoms with Crippen LogP contribution in [-0.2, 0) is 9.59 Å². The Morgan fingerprint density at radius 3 is 2.38 bits per heavy atom. The number of rotatable bonds is 6. The SMILES string of the molecule is Cc1ccc(NC(=O)CN2CCN(C(=O)COc3ccc(Cl)cc3C)CC2)cc1. The summed E-state index contributed by atoms with van der Waals surface area (Å²) in [4.78, 5) is 28.5. The number of nitrogens with one attached hydrogen (secondary N) is 1. The molecule has 0 unspecified atom stereocenters. The van der Waals surface area contributed by atoms with Crippen molar-refractivity contribution in [2.24, 2.45) is 0 Å². The lowest BCUT2D eigenvalue weighted by Crippen LogP contribution is -2.51. The van der Waals surface area contributed by atoms with Gasteiger partial charge in [-0.15, -0.1) is 0 Å². The molecule has 1 N–H and O–H groups in total. The minimum absolute atomic E-state index is 0.00359. The molecule has 0 atom stereocenters. The van der Waals surface area contributed by atoms with Crippen molar-refractivity contribution in [1.82, 2.24) is 9.80 Å². The number of aryl methyl sites for hydroxylation is 2. The number of carbonyl (C=O) groups is 2. The lowest BCUT2D eigenvalue weighted by molar-refractivity contribution is -0.135. The fourth-order valence-electron chi connectivity index (χ4n) is 3.20. The van der Waals surface area contributed by atoms with E-state index in [0.29, 0.717) is 43.5 Å².